The number of amides is 1. The molecule has 5 unspecified atom stereocenters. The number of methoxy groups -OCH3 is 2. The van der Waals surface area contributed by atoms with E-state index in [2.05, 4.69) is 26.9 Å². The Bertz CT molecular complexity index is 2120. The average molecular weight is 754 g/mol. The number of aliphatic hydroxyl groups excluding tert-OH is 1. The van der Waals surface area contributed by atoms with Crippen molar-refractivity contribution < 1.29 is 34.4 Å². The van der Waals surface area contributed by atoms with E-state index in [1.165, 1.54) is 7.11 Å². The van der Waals surface area contributed by atoms with Crippen LogP contribution in [0.5, 0.6) is 5.75 Å². The van der Waals surface area contributed by atoms with Crippen molar-refractivity contribution in [3.8, 4) is 5.75 Å². The molecule has 12 heteroatoms. The summed E-state index contributed by atoms with van der Waals surface area (Å²) in [6.45, 7) is 7.39. The third kappa shape index (κ3) is 4.51. The number of aliphatic hydroxyl groups is 3. The topological polar surface area (TPSA) is 165 Å². The van der Waals surface area contributed by atoms with Gasteiger partial charge in [0.2, 0.25) is 0 Å². The molecule has 1 amide bonds. The van der Waals surface area contributed by atoms with Gasteiger partial charge in [0.05, 0.1) is 25.9 Å². The van der Waals surface area contributed by atoms with Gasteiger partial charge in [0.15, 0.2) is 5.60 Å². The predicted molar refractivity (Wildman–Crippen MR) is 208 cm³/mol. The largest absolute Gasteiger partial charge is 0.496 e. The highest BCUT2D eigenvalue weighted by atomic mass is 16.5. The molecule has 10 atom stereocenters. The predicted octanol–water partition coefficient (Wildman–Crippen LogP) is 2.73. The Hall–Kier alpha value is -3.94. The molecule has 6 N–H and O–H groups in total. The minimum atomic E-state index is -2.30. The SMILES string of the molecule is CC[C@]1(O)CC2CN(CCc3c([nH]c4ccccc34)[C@@](C(=O)OC)(c3cc4c(cc3OC)N(C)C3C(O)(C(N)=O)[C@H](O)[C@]5(CC)C=CCN6CCC43[C@@H]65)C2)C1. The lowest BCUT2D eigenvalue weighted by Crippen LogP contribution is -2.81. The van der Waals surface area contributed by atoms with E-state index in [0.29, 0.717) is 69.5 Å². The number of carbonyl (C=O) groups is 2. The van der Waals surface area contributed by atoms with Gasteiger partial charge >= 0.3 is 5.97 Å². The van der Waals surface area contributed by atoms with Gasteiger partial charge in [-0.3, -0.25) is 19.4 Å². The van der Waals surface area contributed by atoms with Gasteiger partial charge in [-0.1, -0.05) is 44.2 Å². The van der Waals surface area contributed by atoms with E-state index in [4.69, 9.17) is 15.2 Å². The molecule has 2 aromatic carbocycles. The van der Waals surface area contributed by atoms with Crippen LogP contribution in [-0.4, -0.2) is 125 Å². The number of fused-ring (bicyclic) bond motifs is 6. The highest BCUT2D eigenvalue weighted by Gasteiger charge is 2.78. The molecule has 2 bridgehead atoms. The highest BCUT2D eigenvalue weighted by molar-refractivity contribution is 5.95. The second-order valence-electron chi connectivity index (χ2n) is 17.5. The molecule has 5 aliphatic heterocycles. The van der Waals surface area contributed by atoms with Crippen LogP contribution in [0.2, 0.25) is 0 Å². The van der Waals surface area contributed by atoms with Crippen molar-refractivity contribution in [3.63, 3.8) is 0 Å². The van der Waals surface area contributed by atoms with Gasteiger partial charge in [-0.2, -0.15) is 0 Å². The molecule has 1 spiro atoms. The molecule has 6 aliphatic rings. The fraction of sp³-hybridized carbons (Fsp3) is 0.581. The van der Waals surface area contributed by atoms with Gasteiger partial charge < -0.3 is 40.4 Å². The van der Waals surface area contributed by atoms with E-state index in [9.17, 15) is 20.1 Å². The number of carbonyl (C=O) groups excluding carboxylic acids is 2. The number of H-pyrrole nitrogens is 1. The van der Waals surface area contributed by atoms with Gasteiger partial charge in [0.25, 0.3) is 5.91 Å². The summed E-state index contributed by atoms with van der Waals surface area (Å²) >= 11 is 0. The maximum Gasteiger partial charge on any atom is 0.322 e. The smallest absolute Gasteiger partial charge is 0.322 e. The third-order valence-corrected chi connectivity index (χ3v) is 15.2. The van der Waals surface area contributed by atoms with Crippen LogP contribution in [0, 0.1) is 11.3 Å². The molecular formula is C43H55N5O7. The number of anilines is 1. The number of likely N-dealkylation sites (N-methyl/N-ethyl adjacent to an activating group) is 1. The number of nitrogens with zero attached hydrogens (tertiary/aromatic N) is 3. The van der Waals surface area contributed by atoms with Crippen molar-refractivity contribution in [3.05, 3.63) is 70.9 Å². The Morgan fingerprint density at radius 1 is 1.04 bits per heavy atom. The lowest BCUT2D eigenvalue weighted by Gasteiger charge is -2.63. The number of rotatable bonds is 6. The summed E-state index contributed by atoms with van der Waals surface area (Å²) in [6, 6.07) is 11.0. The summed E-state index contributed by atoms with van der Waals surface area (Å²) < 4.78 is 12.2. The quantitative estimate of drug-likeness (QED) is 0.187. The van der Waals surface area contributed by atoms with E-state index in [-0.39, 0.29) is 12.0 Å². The molecule has 1 aromatic heterocycles. The van der Waals surface area contributed by atoms with Gasteiger partial charge in [0, 0.05) is 84.0 Å². The van der Waals surface area contributed by atoms with Crippen LogP contribution in [-0.2, 0) is 31.6 Å². The fourth-order valence-corrected chi connectivity index (χ4v) is 13.1. The van der Waals surface area contributed by atoms with E-state index < -0.39 is 51.5 Å². The number of esters is 1. The normalized spacial score (nSPS) is 39.0. The summed E-state index contributed by atoms with van der Waals surface area (Å²) in [6.07, 6.45) is 5.78. The number of hydrogen-bond acceptors (Lipinski definition) is 10. The standard InChI is InChI=1S/C43H55N5O7/c1-6-39(52)21-25-22-42(38(51)55-5,33-27(13-17-47(23-25)24-39)26-11-8-9-12-30(26)45-33)29-19-28-31(20-32(29)54-4)46(3)35-41(28)15-18-48-16-10-14-40(7-2,34(41)48)36(49)43(35,53)37(44)50/h8-12,14,19-20,25,34-36,45,49,52-53H,6-7,13,15-18,21-24H2,1-5H3,(H2,44,50)/t25?,34-,35?,36+,39-,40+,41?,42-,43?/m0/s1. The molecular weight excluding hydrogens is 699 g/mol. The van der Waals surface area contributed by atoms with E-state index in [0.717, 1.165) is 46.5 Å². The van der Waals surface area contributed by atoms with Crippen molar-refractivity contribution in [2.45, 2.75) is 92.6 Å². The van der Waals surface area contributed by atoms with Crippen molar-refractivity contribution in [2.75, 3.05) is 58.9 Å². The first-order chi connectivity index (χ1) is 26.3. The molecule has 1 saturated carbocycles. The highest BCUT2D eigenvalue weighted by Crippen LogP contribution is 2.67. The van der Waals surface area contributed by atoms with Gasteiger partial charge in [-0.15, -0.1) is 0 Å². The number of para-hydroxylation sites is 1. The van der Waals surface area contributed by atoms with Gasteiger partial charge in [-0.05, 0) is 74.2 Å². The van der Waals surface area contributed by atoms with Crippen molar-refractivity contribution in [2.24, 2.45) is 17.1 Å². The summed E-state index contributed by atoms with van der Waals surface area (Å²) in [7, 11) is 4.89. The number of hydrogen-bond donors (Lipinski definition) is 5. The van der Waals surface area contributed by atoms with Crippen LogP contribution in [0.3, 0.4) is 0 Å². The lowest BCUT2D eigenvalue weighted by atomic mass is 9.47. The first-order valence-corrected chi connectivity index (χ1v) is 20.0. The maximum atomic E-state index is 15.2. The maximum absolute atomic E-state index is 15.2. The zero-order chi connectivity index (χ0) is 38.9. The molecule has 3 aromatic rings. The van der Waals surface area contributed by atoms with Crippen LogP contribution < -0.4 is 15.4 Å². The molecule has 9 rings (SSSR count). The average Bonchev–Trinajstić information content (AvgIpc) is 3.84. The number of ether oxygens (including phenoxy) is 2. The summed E-state index contributed by atoms with van der Waals surface area (Å²) in [4.78, 5) is 39.3. The minimum Gasteiger partial charge on any atom is -0.496 e. The number of nitrogens with two attached hydrogens (primary N) is 1. The molecule has 1 aliphatic carbocycles. The van der Waals surface area contributed by atoms with Crippen LogP contribution in [0.15, 0.2) is 48.6 Å². The van der Waals surface area contributed by atoms with Gasteiger partial charge in [-0.25, -0.2) is 0 Å². The van der Waals surface area contributed by atoms with Crippen LogP contribution in [0.25, 0.3) is 10.9 Å². The Labute approximate surface area is 322 Å². The lowest BCUT2D eigenvalue weighted by molar-refractivity contribution is -0.201. The summed E-state index contributed by atoms with van der Waals surface area (Å²) in [5.74, 6) is -1.00. The number of aromatic amines is 1. The number of primary amides is 1. The van der Waals surface area contributed by atoms with Crippen molar-refractivity contribution >= 4 is 28.5 Å². The first-order valence-electron chi connectivity index (χ1n) is 20.0. The third-order valence-electron chi connectivity index (χ3n) is 15.2. The molecule has 0 radical (unpaired) electrons. The van der Waals surface area contributed by atoms with Crippen molar-refractivity contribution in [1.82, 2.24) is 14.8 Å². The summed E-state index contributed by atoms with van der Waals surface area (Å²) in [5.41, 5.74) is 4.72. The molecule has 294 valence electrons. The van der Waals surface area contributed by atoms with Crippen LogP contribution in [0.1, 0.15) is 68.3 Å². The molecule has 6 heterocycles. The zero-order valence-corrected chi connectivity index (χ0v) is 32.6. The van der Waals surface area contributed by atoms with Crippen LogP contribution in [0.4, 0.5) is 5.69 Å². The molecule has 2 saturated heterocycles. The molecule has 3 fully saturated rings. The molecule has 55 heavy (non-hydrogen) atoms. The number of piperidine rings is 1. The Morgan fingerprint density at radius 3 is 2.53 bits per heavy atom. The first kappa shape index (κ1) is 36.7. The second-order valence-corrected chi connectivity index (χ2v) is 17.5. The number of nitrogens with one attached hydrogen (secondary N) is 1. The fourth-order valence-electron chi connectivity index (χ4n) is 13.1. The van der Waals surface area contributed by atoms with Crippen molar-refractivity contribution in [1.29, 1.82) is 0 Å². The monoisotopic (exact) mass is 753 g/mol. The minimum absolute atomic E-state index is 0.0790. The second kappa shape index (κ2) is 12.3. The van der Waals surface area contributed by atoms with Gasteiger partial charge in [0.1, 0.15) is 17.3 Å². The Morgan fingerprint density at radius 2 is 1.82 bits per heavy atom. The number of benzene rings is 2. The van der Waals surface area contributed by atoms with E-state index in [1.54, 1.807) is 7.11 Å². The Kier molecular flexibility index (Phi) is 8.19. The van der Waals surface area contributed by atoms with E-state index >= 15 is 4.79 Å². The van der Waals surface area contributed by atoms with Crippen LogP contribution >= 0.6 is 0 Å². The summed E-state index contributed by atoms with van der Waals surface area (Å²) in [5, 5.41) is 38.0. The molecule has 12 nitrogen and oxygen atoms in total. The van der Waals surface area contributed by atoms with E-state index in [1.807, 2.05) is 62.2 Å². The number of aromatic nitrogens is 1. The zero-order valence-electron chi connectivity index (χ0n) is 32.6. The Balaban J connectivity index is 1.36.